The SMILES string of the molecule is CC(CCc1ccccc1)n1nn[nH]c1=O. The molecule has 1 heterocycles. The molecule has 1 N–H and O–H groups in total. The van der Waals surface area contributed by atoms with Crippen LogP contribution in [0.25, 0.3) is 0 Å². The van der Waals surface area contributed by atoms with Crippen molar-refractivity contribution in [1.29, 1.82) is 0 Å². The molecule has 0 saturated carbocycles. The number of H-pyrrole nitrogens is 1. The molecule has 0 bridgehead atoms. The number of tetrazole rings is 1. The molecule has 16 heavy (non-hydrogen) atoms. The molecule has 2 aromatic rings. The number of hydrogen-bond donors (Lipinski definition) is 1. The van der Waals surface area contributed by atoms with Crippen molar-refractivity contribution in [3.8, 4) is 0 Å². The Morgan fingerprint density at radius 3 is 2.75 bits per heavy atom. The highest BCUT2D eigenvalue weighted by molar-refractivity contribution is 5.14. The largest absolute Gasteiger partial charge is 0.361 e. The summed E-state index contributed by atoms with van der Waals surface area (Å²) in [4.78, 5) is 11.3. The molecule has 0 fully saturated rings. The van der Waals surface area contributed by atoms with E-state index in [0.717, 1.165) is 12.8 Å². The number of hydrogen-bond acceptors (Lipinski definition) is 3. The third kappa shape index (κ3) is 2.36. The predicted octanol–water partition coefficient (Wildman–Crippen LogP) is 1.16. The first-order valence-corrected chi connectivity index (χ1v) is 5.31. The van der Waals surface area contributed by atoms with Gasteiger partial charge in [-0.25, -0.2) is 9.89 Å². The molecule has 0 aliphatic heterocycles. The number of rotatable bonds is 4. The van der Waals surface area contributed by atoms with Crippen molar-refractivity contribution in [3.63, 3.8) is 0 Å². The summed E-state index contributed by atoms with van der Waals surface area (Å²) in [5.74, 6) is 0. The highest BCUT2D eigenvalue weighted by Gasteiger charge is 2.09. The van der Waals surface area contributed by atoms with Gasteiger partial charge < -0.3 is 0 Å². The van der Waals surface area contributed by atoms with Crippen molar-refractivity contribution in [3.05, 3.63) is 46.4 Å². The van der Waals surface area contributed by atoms with E-state index in [4.69, 9.17) is 0 Å². The van der Waals surface area contributed by atoms with Gasteiger partial charge in [-0.15, -0.1) is 0 Å². The van der Waals surface area contributed by atoms with Crippen molar-refractivity contribution in [2.75, 3.05) is 0 Å². The number of nitrogens with one attached hydrogen (secondary N) is 1. The first-order chi connectivity index (χ1) is 7.77. The molecule has 84 valence electrons. The fourth-order valence-corrected chi connectivity index (χ4v) is 1.64. The van der Waals surface area contributed by atoms with Gasteiger partial charge in [0.15, 0.2) is 0 Å². The Bertz CT molecular complexity index is 488. The lowest BCUT2D eigenvalue weighted by atomic mass is 10.1. The average molecular weight is 218 g/mol. The summed E-state index contributed by atoms with van der Waals surface area (Å²) < 4.78 is 1.38. The molecular weight excluding hydrogens is 204 g/mol. The quantitative estimate of drug-likeness (QED) is 0.837. The van der Waals surface area contributed by atoms with E-state index in [1.54, 1.807) is 0 Å². The monoisotopic (exact) mass is 218 g/mol. The number of benzene rings is 1. The third-order valence-electron chi connectivity index (χ3n) is 2.61. The van der Waals surface area contributed by atoms with E-state index >= 15 is 0 Å². The predicted molar refractivity (Wildman–Crippen MR) is 60.1 cm³/mol. The van der Waals surface area contributed by atoms with E-state index in [1.807, 2.05) is 25.1 Å². The van der Waals surface area contributed by atoms with Crippen LogP contribution in [0.5, 0.6) is 0 Å². The Kier molecular flexibility index (Phi) is 3.14. The van der Waals surface area contributed by atoms with Crippen molar-refractivity contribution < 1.29 is 0 Å². The van der Waals surface area contributed by atoms with E-state index in [-0.39, 0.29) is 11.7 Å². The summed E-state index contributed by atoms with van der Waals surface area (Å²) in [6.45, 7) is 1.97. The van der Waals surface area contributed by atoms with Gasteiger partial charge in [-0.3, -0.25) is 0 Å². The Balaban J connectivity index is 1.97. The third-order valence-corrected chi connectivity index (χ3v) is 2.61. The molecule has 0 radical (unpaired) electrons. The lowest BCUT2D eigenvalue weighted by molar-refractivity contribution is 0.437. The number of nitrogens with zero attached hydrogens (tertiary/aromatic N) is 3. The number of aryl methyl sites for hydroxylation is 1. The number of aromatic amines is 1. The number of aromatic nitrogens is 4. The summed E-state index contributed by atoms with van der Waals surface area (Å²) in [7, 11) is 0. The van der Waals surface area contributed by atoms with E-state index in [9.17, 15) is 4.79 Å². The van der Waals surface area contributed by atoms with Crippen LogP contribution in [-0.4, -0.2) is 20.2 Å². The summed E-state index contributed by atoms with van der Waals surface area (Å²) in [5.41, 5.74) is 1.02. The molecule has 1 unspecified atom stereocenters. The molecular formula is C11H14N4O. The van der Waals surface area contributed by atoms with Crippen LogP contribution in [0.1, 0.15) is 24.9 Å². The second kappa shape index (κ2) is 4.74. The maximum Gasteiger partial charge on any atom is 0.361 e. The smallest absolute Gasteiger partial charge is 0.245 e. The summed E-state index contributed by atoms with van der Waals surface area (Å²) >= 11 is 0. The van der Waals surface area contributed by atoms with E-state index in [0.29, 0.717) is 0 Å². The van der Waals surface area contributed by atoms with Crippen LogP contribution >= 0.6 is 0 Å². The Morgan fingerprint density at radius 1 is 1.38 bits per heavy atom. The Labute approximate surface area is 93.1 Å². The molecule has 1 aromatic heterocycles. The van der Waals surface area contributed by atoms with Crippen molar-refractivity contribution in [2.45, 2.75) is 25.8 Å². The van der Waals surface area contributed by atoms with Gasteiger partial charge >= 0.3 is 5.69 Å². The molecule has 1 aromatic carbocycles. The van der Waals surface area contributed by atoms with Crippen LogP contribution in [0.15, 0.2) is 35.1 Å². The minimum absolute atomic E-state index is 0.0615. The lowest BCUT2D eigenvalue weighted by Gasteiger charge is -2.09. The van der Waals surface area contributed by atoms with Gasteiger partial charge in [0.2, 0.25) is 0 Å². The maximum absolute atomic E-state index is 11.3. The minimum Gasteiger partial charge on any atom is -0.245 e. The molecule has 0 spiro atoms. The van der Waals surface area contributed by atoms with Crippen LogP contribution in [0.2, 0.25) is 0 Å². The van der Waals surface area contributed by atoms with Crippen LogP contribution in [0.3, 0.4) is 0 Å². The van der Waals surface area contributed by atoms with E-state index in [2.05, 4.69) is 27.7 Å². The summed E-state index contributed by atoms with van der Waals surface area (Å²) in [6, 6.07) is 10.3. The second-order valence-corrected chi connectivity index (χ2v) is 3.82. The van der Waals surface area contributed by atoms with Gasteiger partial charge in [-0.1, -0.05) is 30.3 Å². The van der Waals surface area contributed by atoms with Crippen molar-refractivity contribution in [2.24, 2.45) is 0 Å². The fourth-order valence-electron chi connectivity index (χ4n) is 1.64. The first kappa shape index (κ1) is 10.6. The van der Waals surface area contributed by atoms with Crippen LogP contribution in [0, 0.1) is 0 Å². The van der Waals surface area contributed by atoms with E-state index in [1.165, 1.54) is 10.2 Å². The standard InChI is InChI=1S/C11H14N4O/c1-9(15-11(16)12-13-14-15)7-8-10-5-3-2-4-6-10/h2-6,9H,7-8H2,1H3,(H,12,14,16). The van der Waals surface area contributed by atoms with Gasteiger partial charge in [0.25, 0.3) is 0 Å². The molecule has 1 atom stereocenters. The Morgan fingerprint density at radius 2 is 2.12 bits per heavy atom. The topological polar surface area (TPSA) is 63.6 Å². The van der Waals surface area contributed by atoms with Gasteiger partial charge in [-0.05, 0) is 35.8 Å². The lowest BCUT2D eigenvalue weighted by Crippen LogP contribution is -2.22. The van der Waals surface area contributed by atoms with Gasteiger partial charge in [0.1, 0.15) is 0 Å². The molecule has 0 amide bonds. The van der Waals surface area contributed by atoms with Crippen molar-refractivity contribution in [1.82, 2.24) is 20.2 Å². The molecule has 0 aliphatic rings. The normalized spacial score (nSPS) is 12.6. The van der Waals surface area contributed by atoms with Gasteiger partial charge in [0, 0.05) is 0 Å². The van der Waals surface area contributed by atoms with Gasteiger partial charge in [0.05, 0.1) is 6.04 Å². The first-order valence-electron chi connectivity index (χ1n) is 5.31. The molecule has 5 heteroatoms. The van der Waals surface area contributed by atoms with Crippen LogP contribution in [0.4, 0.5) is 0 Å². The zero-order valence-electron chi connectivity index (χ0n) is 9.13. The Hall–Kier alpha value is -1.91. The molecule has 0 saturated heterocycles. The molecule has 0 aliphatic carbocycles. The second-order valence-electron chi connectivity index (χ2n) is 3.82. The van der Waals surface area contributed by atoms with E-state index < -0.39 is 0 Å². The van der Waals surface area contributed by atoms with Crippen LogP contribution in [-0.2, 0) is 6.42 Å². The summed E-state index contributed by atoms with van der Waals surface area (Å²) in [6.07, 6.45) is 1.80. The highest BCUT2D eigenvalue weighted by Crippen LogP contribution is 2.11. The molecule has 5 nitrogen and oxygen atoms in total. The average Bonchev–Trinajstić information content (AvgIpc) is 2.74. The maximum atomic E-state index is 11.3. The fraction of sp³-hybridized carbons (Fsp3) is 0.364. The molecule has 2 rings (SSSR count). The van der Waals surface area contributed by atoms with Crippen molar-refractivity contribution >= 4 is 0 Å². The summed E-state index contributed by atoms with van der Waals surface area (Å²) in [5, 5.41) is 9.49. The highest BCUT2D eigenvalue weighted by atomic mass is 16.2. The van der Waals surface area contributed by atoms with Crippen LogP contribution < -0.4 is 5.69 Å². The zero-order chi connectivity index (χ0) is 11.4. The zero-order valence-corrected chi connectivity index (χ0v) is 9.13. The van der Waals surface area contributed by atoms with Gasteiger partial charge in [-0.2, -0.15) is 4.68 Å². The minimum atomic E-state index is -0.249.